The Bertz CT molecular complexity index is 554. The number of ether oxygens (including phenoxy) is 1. The van der Waals surface area contributed by atoms with Crippen LogP contribution in [0, 0.1) is 0 Å². The average Bonchev–Trinajstić information content (AvgIpc) is 2.83. The van der Waals surface area contributed by atoms with Gasteiger partial charge in [0, 0.05) is 18.3 Å². The second-order valence-corrected chi connectivity index (χ2v) is 4.24. The van der Waals surface area contributed by atoms with E-state index in [0.29, 0.717) is 17.1 Å². The van der Waals surface area contributed by atoms with Gasteiger partial charge in [-0.2, -0.15) is 0 Å². The number of furan rings is 1. The van der Waals surface area contributed by atoms with E-state index in [4.69, 9.17) is 9.15 Å². The minimum absolute atomic E-state index is 0.254. The van der Waals surface area contributed by atoms with Gasteiger partial charge in [-0.1, -0.05) is 6.07 Å². The fourth-order valence-corrected chi connectivity index (χ4v) is 1.75. The lowest BCUT2D eigenvalue weighted by Gasteiger charge is -2.07. The number of hydrogen-bond donors (Lipinski definition) is 1. The highest BCUT2D eigenvalue weighted by molar-refractivity contribution is 9.10. The van der Waals surface area contributed by atoms with Crippen LogP contribution >= 0.6 is 15.9 Å². The highest BCUT2D eigenvalue weighted by Gasteiger charge is 2.11. The summed E-state index contributed by atoms with van der Waals surface area (Å²) >= 11 is 3.14. The smallest absolute Gasteiger partial charge is 0.287 e. The monoisotopic (exact) mass is 310 g/mol. The molecule has 0 aromatic carbocycles. The summed E-state index contributed by atoms with van der Waals surface area (Å²) in [6.45, 7) is 0.328. The fourth-order valence-electron chi connectivity index (χ4n) is 1.44. The molecule has 0 fully saturated rings. The van der Waals surface area contributed by atoms with Gasteiger partial charge in [0.15, 0.2) is 10.4 Å². The van der Waals surface area contributed by atoms with E-state index in [-0.39, 0.29) is 11.7 Å². The van der Waals surface area contributed by atoms with Gasteiger partial charge in [0.25, 0.3) is 5.91 Å². The molecule has 18 heavy (non-hydrogen) atoms. The predicted octanol–water partition coefficient (Wildman–Crippen LogP) is 2.38. The molecule has 2 heterocycles. The number of pyridine rings is 1. The van der Waals surface area contributed by atoms with Gasteiger partial charge in [-0.25, -0.2) is 4.98 Å². The van der Waals surface area contributed by atoms with Gasteiger partial charge in [0.05, 0.1) is 7.11 Å². The van der Waals surface area contributed by atoms with Crippen LogP contribution in [-0.4, -0.2) is 18.0 Å². The molecule has 0 radical (unpaired) electrons. The summed E-state index contributed by atoms with van der Waals surface area (Å²) in [4.78, 5) is 15.8. The van der Waals surface area contributed by atoms with Crippen molar-refractivity contribution in [2.75, 3.05) is 7.11 Å². The maximum absolute atomic E-state index is 11.7. The molecule has 94 valence electrons. The van der Waals surface area contributed by atoms with E-state index in [9.17, 15) is 4.79 Å². The Hall–Kier alpha value is -1.82. The number of amides is 1. The number of halogens is 1. The highest BCUT2D eigenvalue weighted by Crippen LogP contribution is 2.15. The molecule has 0 aliphatic heterocycles. The van der Waals surface area contributed by atoms with E-state index >= 15 is 0 Å². The first kappa shape index (κ1) is 12.6. The summed E-state index contributed by atoms with van der Waals surface area (Å²) in [6, 6.07) is 6.89. The largest absolute Gasteiger partial charge is 0.481 e. The number of nitrogens with zero attached hydrogens (tertiary/aromatic N) is 1. The first-order valence-electron chi connectivity index (χ1n) is 5.22. The highest BCUT2D eigenvalue weighted by atomic mass is 79.9. The normalized spacial score (nSPS) is 10.1. The molecule has 0 aliphatic carbocycles. The SMILES string of the molecule is COc1ncccc1CNC(=O)c1ccc(Br)o1. The van der Waals surface area contributed by atoms with Crippen LogP contribution in [0.15, 0.2) is 39.5 Å². The quantitative estimate of drug-likeness (QED) is 0.941. The number of aromatic nitrogens is 1. The molecule has 1 N–H and O–H groups in total. The van der Waals surface area contributed by atoms with Gasteiger partial charge < -0.3 is 14.5 Å². The standard InChI is InChI=1S/C12H11BrN2O3/c1-17-12-8(3-2-6-14-12)7-15-11(16)9-4-5-10(13)18-9/h2-6H,7H2,1H3,(H,15,16). The molecule has 0 spiro atoms. The molecule has 5 nitrogen and oxygen atoms in total. The van der Waals surface area contributed by atoms with Crippen LogP contribution in [0.2, 0.25) is 0 Å². The van der Waals surface area contributed by atoms with Gasteiger partial charge >= 0.3 is 0 Å². The molecular weight excluding hydrogens is 300 g/mol. The van der Waals surface area contributed by atoms with Crippen LogP contribution in [0.25, 0.3) is 0 Å². The van der Waals surface area contributed by atoms with Crippen LogP contribution in [0.5, 0.6) is 5.88 Å². The topological polar surface area (TPSA) is 64.4 Å². The number of hydrogen-bond acceptors (Lipinski definition) is 4. The van der Waals surface area contributed by atoms with Crippen LogP contribution in [-0.2, 0) is 6.54 Å². The summed E-state index contributed by atoms with van der Waals surface area (Å²) in [6.07, 6.45) is 1.63. The summed E-state index contributed by atoms with van der Waals surface area (Å²) in [7, 11) is 1.54. The second-order valence-electron chi connectivity index (χ2n) is 3.46. The molecular formula is C12H11BrN2O3. The zero-order valence-corrected chi connectivity index (χ0v) is 11.2. The molecule has 0 atom stereocenters. The van der Waals surface area contributed by atoms with Crippen molar-refractivity contribution < 1.29 is 13.9 Å². The van der Waals surface area contributed by atoms with E-state index in [0.717, 1.165) is 5.56 Å². The van der Waals surface area contributed by atoms with Gasteiger partial charge in [0.1, 0.15) is 0 Å². The lowest BCUT2D eigenvalue weighted by atomic mass is 10.2. The number of methoxy groups -OCH3 is 1. The molecule has 0 saturated heterocycles. The van der Waals surface area contributed by atoms with E-state index in [1.165, 1.54) is 7.11 Å². The third-order valence-electron chi connectivity index (χ3n) is 2.28. The molecule has 0 aliphatic rings. The zero-order valence-electron chi connectivity index (χ0n) is 9.64. The second kappa shape index (κ2) is 5.68. The number of carbonyl (C=O) groups is 1. The Labute approximate surface area is 112 Å². The van der Waals surface area contributed by atoms with Crippen LogP contribution in [0.1, 0.15) is 16.1 Å². The lowest BCUT2D eigenvalue weighted by Crippen LogP contribution is -2.22. The molecule has 2 rings (SSSR count). The Morgan fingerprint density at radius 2 is 2.33 bits per heavy atom. The van der Waals surface area contributed by atoms with Gasteiger partial charge in [-0.15, -0.1) is 0 Å². The number of carbonyl (C=O) groups excluding carboxylic acids is 1. The summed E-state index contributed by atoms with van der Waals surface area (Å²) in [5.74, 6) is 0.467. The van der Waals surface area contributed by atoms with Crippen molar-refractivity contribution >= 4 is 21.8 Å². The maximum Gasteiger partial charge on any atom is 0.287 e. The minimum Gasteiger partial charge on any atom is -0.481 e. The van der Waals surface area contributed by atoms with Crippen molar-refractivity contribution in [3.63, 3.8) is 0 Å². The van der Waals surface area contributed by atoms with Crippen LogP contribution in [0.3, 0.4) is 0 Å². The Kier molecular flexibility index (Phi) is 3.99. The molecule has 0 unspecified atom stereocenters. The Morgan fingerprint density at radius 3 is 3.00 bits per heavy atom. The summed E-state index contributed by atoms with van der Waals surface area (Å²) in [5.41, 5.74) is 0.805. The minimum atomic E-state index is -0.286. The third-order valence-corrected chi connectivity index (χ3v) is 2.71. The predicted molar refractivity (Wildman–Crippen MR) is 68.4 cm³/mol. The van der Waals surface area contributed by atoms with Gasteiger partial charge in [0.2, 0.25) is 5.88 Å². The van der Waals surface area contributed by atoms with E-state index in [1.54, 1.807) is 24.4 Å². The Morgan fingerprint density at radius 1 is 1.50 bits per heavy atom. The molecule has 0 saturated carbocycles. The third kappa shape index (κ3) is 2.89. The number of nitrogens with one attached hydrogen (secondary N) is 1. The molecule has 1 amide bonds. The van der Waals surface area contributed by atoms with Crippen LogP contribution in [0.4, 0.5) is 0 Å². The Balaban J connectivity index is 2.01. The van der Waals surface area contributed by atoms with Crippen molar-refractivity contribution in [1.82, 2.24) is 10.3 Å². The maximum atomic E-state index is 11.7. The van der Waals surface area contributed by atoms with Gasteiger partial charge in [-0.05, 0) is 34.1 Å². The zero-order chi connectivity index (χ0) is 13.0. The fraction of sp³-hybridized carbons (Fsp3) is 0.167. The molecule has 6 heteroatoms. The van der Waals surface area contributed by atoms with E-state index < -0.39 is 0 Å². The van der Waals surface area contributed by atoms with E-state index in [1.807, 2.05) is 6.07 Å². The summed E-state index contributed by atoms with van der Waals surface area (Å²) < 4.78 is 10.8. The van der Waals surface area contributed by atoms with Crippen molar-refractivity contribution in [2.24, 2.45) is 0 Å². The number of rotatable bonds is 4. The van der Waals surface area contributed by atoms with E-state index in [2.05, 4.69) is 26.2 Å². The average molecular weight is 311 g/mol. The van der Waals surface area contributed by atoms with Crippen molar-refractivity contribution in [3.8, 4) is 5.88 Å². The lowest BCUT2D eigenvalue weighted by molar-refractivity contribution is 0.0921. The first-order valence-corrected chi connectivity index (χ1v) is 6.01. The molecule has 2 aromatic heterocycles. The summed E-state index contributed by atoms with van der Waals surface area (Å²) in [5, 5.41) is 2.73. The van der Waals surface area contributed by atoms with Crippen molar-refractivity contribution in [2.45, 2.75) is 6.54 Å². The first-order chi connectivity index (χ1) is 8.70. The van der Waals surface area contributed by atoms with Crippen LogP contribution < -0.4 is 10.1 Å². The van der Waals surface area contributed by atoms with Crippen molar-refractivity contribution in [3.05, 3.63) is 46.5 Å². The molecule has 0 bridgehead atoms. The van der Waals surface area contributed by atoms with Gasteiger partial charge in [-0.3, -0.25) is 4.79 Å². The van der Waals surface area contributed by atoms with Crippen molar-refractivity contribution in [1.29, 1.82) is 0 Å². The molecule has 2 aromatic rings.